The van der Waals surface area contributed by atoms with Crippen molar-refractivity contribution in [3.05, 3.63) is 62.5 Å². The van der Waals surface area contributed by atoms with Gasteiger partial charge in [-0.15, -0.1) is 0 Å². The van der Waals surface area contributed by atoms with E-state index in [-0.39, 0.29) is 11.1 Å². The molecule has 0 spiro atoms. The van der Waals surface area contributed by atoms with Crippen LogP contribution in [0.15, 0.2) is 45.6 Å². The van der Waals surface area contributed by atoms with E-state index < -0.39 is 4.92 Å². The van der Waals surface area contributed by atoms with E-state index in [1.165, 1.54) is 18.2 Å². The van der Waals surface area contributed by atoms with Crippen LogP contribution in [0.1, 0.15) is 5.76 Å². The molecule has 94 valence electrons. The Morgan fingerprint density at radius 2 is 1.89 bits per heavy atom. The van der Waals surface area contributed by atoms with E-state index in [1.54, 1.807) is 25.1 Å². The molecule has 0 aliphatic heterocycles. The molecule has 3 rings (SSSR count). The van der Waals surface area contributed by atoms with Crippen molar-refractivity contribution in [2.24, 2.45) is 0 Å². The first kappa shape index (κ1) is 11.4. The first-order valence-electron chi connectivity index (χ1n) is 5.68. The Morgan fingerprint density at radius 1 is 1.16 bits per heavy atom. The highest BCUT2D eigenvalue weighted by atomic mass is 16.6. The van der Waals surface area contributed by atoms with Crippen LogP contribution in [-0.4, -0.2) is 4.92 Å². The van der Waals surface area contributed by atoms with Crippen molar-refractivity contribution in [2.75, 3.05) is 0 Å². The lowest BCUT2D eigenvalue weighted by atomic mass is 10.0. The molecule has 0 unspecified atom stereocenters. The topological polar surface area (TPSA) is 73.3 Å². The minimum absolute atomic E-state index is 0.0417. The van der Waals surface area contributed by atoms with Gasteiger partial charge in [-0.25, -0.2) is 0 Å². The molecule has 0 atom stereocenters. The second-order valence-electron chi connectivity index (χ2n) is 4.32. The quantitative estimate of drug-likeness (QED) is 0.380. The van der Waals surface area contributed by atoms with Crippen LogP contribution in [0.5, 0.6) is 0 Å². The number of rotatable bonds is 1. The van der Waals surface area contributed by atoms with Crippen LogP contribution < -0.4 is 5.43 Å². The van der Waals surface area contributed by atoms with Crippen LogP contribution in [0.25, 0.3) is 21.7 Å². The van der Waals surface area contributed by atoms with Gasteiger partial charge in [-0.1, -0.05) is 6.07 Å². The number of benzene rings is 2. The lowest BCUT2D eigenvalue weighted by Crippen LogP contribution is -2.01. The van der Waals surface area contributed by atoms with Crippen LogP contribution in [0, 0.1) is 17.0 Å². The number of nitrogens with zero attached hydrogens (tertiary/aromatic N) is 1. The number of hydrogen-bond donors (Lipinski definition) is 0. The van der Waals surface area contributed by atoms with Gasteiger partial charge in [0, 0.05) is 23.6 Å². The molecule has 5 nitrogen and oxygen atoms in total. The summed E-state index contributed by atoms with van der Waals surface area (Å²) < 4.78 is 5.48. The molecule has 0 fully saturated rings. The zero-order valence-electron chi connectivity index (χ0n) is 10.0. The summed E-state index contributed by atoms with van der Waals surface area (Å²) in [6.07, 6.45) is 0. The molecule has 0 saturated carbocycles. The summed E-state index contributed by atoms with van der Waals surface area (Å²) in [4.78, 5) is 22.4. The van der Waals surface area contributed by atoms with Crippen molar-refractivity contribution in [1.29, 1.82) is 0 Å². The number of non-ortho nitro benzene ring substituents is 1. The standard InChI is InChI=1S/C14H9NO4/c1-8-6-12(16)14-11-7-10(15(17)18)4-2-9(11)3-5-13(14)19-8/h2-7H,1H3. The fraction of sp³-hybridized carbons (Fsp3) is 0.0714. The van der Waals surface area contributed by atoms with Gasteiger partial charge in [-0.05, 0) is 24.4 Å². The normalized spacial score (nSPS) is 11.0. The number of aryl methyl sites for hydroxylation is 1. The van der Waals surface area contributed by atoms with Crippen LogP contribution in [-0.2, 0) is 0 Å². The van der Waals surface area contributed by atoms with Gasteiger partial charge in [0.2, 0.25) is 0 Å². The molecule has 1 heterocycles. The lowest BCUT2D eigenvalue weighted by molar-refractivity contribution is -0.384. The predicted molar refractivity (Wildman–Crippen MR) is 71.4 cm³/mol. The molecular formula is C14H9NO4. The Hall–Kier alpha value is -2.69. The van der Waals surface area contributed by atoms with Crippen molar-refractivity contribution in [2.45, 2.75) is 6.92 Å². The number of nitro benzene ring substituents is 1. The third-order valence-corrected chi connectivity index (χ3v) is 3.03. The van der Waals surface area contributed by atoms with Crippen molar-refractivity contribution in [1.82, 2.24) is 0 Å². The van der Waals surface area contributed by atoms with E-state index in [0.717, 1.165) is 5.39 Å². The van der Waals surface area contributed by atoms with E-state index >= 15 is 0 Å². The minimum atomic E-state index is -0.478. The molecule has 3 aromatic rings. The summed E-state index contributed by atoms with van der Waals surface area (Å²) in [6, 6.07) is 9.34. The fourth-order valence-electron chi connectivity index (χ4n) is 2.20. The van der Waals surface area contributed by atoms with Crippen molar-refractivity contribution >= 4 is 27.4 Å². The van der Waals surface area contributed by atoms with Gasteiger partial charge in [0.1, 0.15) is 11.3 Å². The van der Waals surface area contributed by atoms with Crippen LogP contribution >= 0.6 is 0 Å². The number of hydrogen-bond acceptors (Lipinski definition) is 4. The average Bonchev–Trinajstić information content (AvgIpc) is 2.36. The molecule has 0 saturated heterocycles. The Kier molecular flexibility index (Phi) is 2.35. The van der Waals surface area contributed by atoms with E-state index in [2.05, 4.69) is 0 Å². The Bertz CT molecular complexity index is 880. The van der Waals surface area contributed by atoms with Gasteiger partial charge >= 0.3 is 0 Å². The maximum Gasteiger partial charge on any atom is 0.270 e. The Balaban J connectivity index is 2.54. The summed E-state index contributed by atoms with van der Waals surface area (Å²) >= 11 is 0. The van der Waals surface area contributed by atoms with E-state index in [4.69, 9.17) is 4.42 Å². The van der Waals surface area contributed by atoms with Gasteiger partial charge in [0.05, 0.1) is 10.3 Å². The first-order valence-corrected chi connectivity index (χ1v) is 5.68. The smallest absolute Gasteiger partial charge is 0.270 e. The highest BCUT2D eigenvalue weighted by molar-refractivity contribution is 6.06. The van der Waals surface area contributed by atoms with E-state index in [0.29, 0.717) is 22.1 Å². The predicted octanol–water partition coefficient (Wildman–Crippen LogP) is 3.16. The molecule has 0 amide bonds. The zero-order valence-corrected chi connectivity index (χ0v) is 10.0. The van der Waals surface area contributed by atoms with Crippen LogP contribution in [0.4, 0.5) is 5.69 Å². The van der Waals surface area contributed by atoms with Gasteiger partial charge in [-0.3, -0.25) is 14.9 Å². The van der Waals surface area contributed by atoms with E-state index in [1.807, 2.05) is 0 Å². The maximum atomic E-state index is 12.1. The third kappa shape index (κ3) is 1.76. The third-order valence-electron chi connectivity index (χ3n) is 3.03. The highest BCUT2D eigenvalue weighted by Crippen LogP contribution is 2.27. The summed E-state index contributed by atoms with van der Waals surface area (Å²) in [5.74, 6) is 0.516. The second kappa shape index (κ2) is 3.91. The van der Waals surface area contributed by atoms with Crippen LogP contribution in [0.3, 0.4) is 0 Å². The highest BCUT2D eigenvalue weighted by Gasteiger charge is 2.11. The molecule has 0 aliphatic rings. The zero-order chi connectivity index (χ0) is 13.6. The molecule has 19 heavy (non-hydrogen) atoms. The summed E-state index contributed by atoms with van der Waals surface area (Å²) in [6.45, 7) is 1.69. The Morgan fingerprint density at radius 3 is 2.63 bits per heavy atom. The summed E-state index contributed by atoms with van der Waals surface area (Å²) in [5.41, 5.74) is 0.211. The van der Waals surface area contributed by atoms with Crippen LogP contribution in [0.2, 0.25) is 0 Å². The lowest BCUT2D eigenvalue weighted by Gasteiger charge is -2.03. The molecule has 0 bridgehead atoms. The molecule has 2 aromatic carbocycles. The average molecular weight is 255 g/mol. The molecule has 1 aromatic heterocycles. The van der Waals surface area contributed by atoms with Gasteiger partial charge < -0.3 is 4.42 Å². The molecule has 0 aliphatic carbocycles. The Labute approximate surface area is 107 Å². The molecule has 5 heteroatoms. The molecule has 0 N–H and O–H groups in total. The van der Waals surface area contributed by atoms with Gasteiger partial charge in [0.15, 0.2) is 5.43 Å². The number of nitro groups is 1. The summed E-state index contributed by atoms with van der Waals surface area (Å²) in [7, 11) is 0. The van der Waals surface area contributed by atoms with Crippen molar-refractivity contribution < 1.29 is 9.34 Å². The first-order chi connectivity index (χ1) is 9.06. The molecular weight excluding hydrogens is 246 g/mol. The fourth-order valence-corrected chi connectivity index (χ4v) is 2.20. The minimum Gasteiger partial charge on any atom is -0.461 e. The largest absolute Gasteiger partial charge is 0.461 e. The number of fused-ring (bicyclic) bond motifs is 3. The SMILES string of the molecule is Cc1cc(=O)c2c(ccc3ccc([N+](=O)[O-])cc32)o1. The van der Waals surface area contributed by atoms with Gasteiger partial charge in [-0.2, -0.15) is 0 Å². The second-order valence-corrected chi connectivity index (χ2v) is 4.32. The van der Waals surface area contributed by atoms with E-state index in [9.17, 15) is 14.9 Å². The van der Waals surface area contributed by atoms with Gasteiger partial charge in [0.25, 0.3) is 5.69 Å². The van der Waals surface area contributed by atoms with Crippen molar-refractivity contribution in [3.8, 4) is 0 Å². The summed E-state index contributed by atoms with van der Waals surface area (Å²) in [5, 5.41) is 12.5. The van der Waals surface area contributed by atoms with Crippen molar-refractivity contribution in [3.63, 3.8) is 0 Å². The molecule has 0 radical (unpaired) electrons. The monoisotopic (exact) mass is 255 g/mol. The maximum absolute atomic E-state index is 12.1.